The molecule has 2 amide bonds. The summed E-state index contributed by atoms with van der Waals surface area (Å²) in [6, 6.07) is 9.63. The van der Waals surface area contributed by atoms with Crippen LogP contribution in [-0.2, 0) is 11.3 Å². The lowest BCUT2D eigenvalue weighted by Gasteiger charge is -2.27. The number of carbonyl (C=O) groups excluding carboxylic acids is 2. The highest BCUT2D eigenvalue weighted by Gasteiger charge is 2.20. The van der Waals surface area contributed by atoms with Crippen molar-refractivity contribution in [2.24, 2.45) is 5.92 Å². The normalized spacial score (nSPS) is 10.7. The van der Waals surface area contributed by atoms with Crippen LogP contribution in [0.3, 0.4) is 0 Å². The summed E-state index contributed by atoms with van der Waals surface area (Å²) < 4.78 is 0. The smallest absolute Gasteiger partial charge is 0.264 e. The van der Waals surface area contributed by atoms with Gasteiger partial charge in [-0.3, -0.25) is 9.59 Å². The van der Waals surface area contributed by atoms with Gasteiger partial charge in [-0.25, -0.2) is 0 Å². The second kappa shape index (κ2) is 9.55. The van der Waals surface area contributed by atoms with Crippen LogP contribution in [0.5, 0.6) is 0 Å². The molecule has 6 heteroatoms. The van der Waals surface area contributed by atoms with E-state index >= 15 is 0 Å². The maximum atomic E-state index is 13.0. The number of amides is 2. The molecular formula is C21H29N3O2S. The minimum absolute atomic E-state index is 0.0211. The SMILES string of the molecule is CCC(=O)Nc1ccc(N(C)C)c(CN(CC(C)C)C(=O)c2cccs2)c1. The molecule has 0 fully saturated rings. The lowest BCUT2D eigenvalue weighted by molar-refractivity contribution is -0.115. The van der Waals surface area contributed by atoms with Gasteiger partial charge in [0.15, 0.2) is 0 Å². The van der Waals surface area contributed by atoms with E-state index in [2.05, 4.69) is 19.2 Å². The van der Waals surface area contributed by atoms with Crippen LogP contribution in [0.15, 0.2) is 35.7 Å². The maximum Gasteiger partial charge on any atom is 0.264 e. The Balaban J connectivity index is 2.34. The minimum atomic E-state index is -0.0211. The summed E-state index contributed by atoms with van der Waals surface area (Å²) in [7, 11) is 3.97. The average molecular weight is 388 g/mol. The molecule has 1 heterocycles. The number of benzene rings is 1. The van der Waals surface area contributed by atoms with Gasteiger partial charge in [0.25, 0.3) is 5.91 Å². The summed E-state index contributed by atoms with van der Waals surface area (Å²) in [6.07, 6.45) is 0.432. The molecule has 0 saturated carbocycles. The van der Waals surface area contributed by atoms with Crippen LogP contribution < -0.4 is 10.2 Å². The fourth-order valence-corrected chi connectivity index (χ4v) is 3.59. The first-order valence-corrected chi connectivity index (χ1v) is 10.1. The molecule has 1 aromatic heterocycles. The zero-order valence-electron chi connectivity index (χ0n) is 16.8. The molecule has 0 bridgehead atoms. The van der Waals surface area contributed by atoms with E-state index in [0.29, 0.717) is 25.4 Å². The molecule has 5 nitrogen and oxygen atoms in total. The van der Waals surface area contributed by atoms with Crippen LogP contribution in [0.4, 0.5) is 11.4 Å². The predicted molar refractivity (Wildman–Crippen MR) is 114 cm³/mol. The zero-order chi connectivity index (χ0) is 20.0. The van der Waals surface area contributed by atoms with E-state index in [9.17, 15) is 9.59 Å². The molecule has 0 radical (unpaired) electrons. The first kappa shape index (κ1) is 21.0. The van der Waals surface area contributed by atoms with Gasteiger partial charge in [0.1, 0.15) is 0 Å². The van der Waals surface area contributed by atoms with Crippen molar-refractivity contribution >= 4 is 34.5 Å². The van der Waals surface area contributed by atoms with E-state index in [1.54, 1.807) is 0 Å². The monoisotopic (exact) mass is 387 g/mol. The maximum absolute atomic E-state index is 13.0. The van der Waals surface area contributed by atoms with Crippen molar-refractivity contribution in [2.75, 3.05) is 30.9 Å². The van der Waals surface area contributed by atoms with E-state index in [1.807, 2.05) is 66.5 Å². The average Bonchev–Trinajstić information content (AvgIpc) is 3.14. The van der Waals surface area contributed by atoms with Crippen LogP contribution in [0, 0.1) is 5.92 Å². The van der Waals surface area contributed by atoms with E-state index in [-0.39, 0.29) is 11.8 Å². The Hall–Kier alpha value is -2.34. The van der Waals surface area contributed by atoms with Crippen LogP contribution in [0.25, 0.3) is 0 Å². The van der Waals surface area contributed by atoms with Gasteiger partial charge in [0.2, 0.25) is 5.91 Å². The first-order valence-electron chi connectivity index (χ1n) is 9.24. The standard InChI is InChI=1S/C21H29N3O2S/c1-6-20(25)22-17-9-10-18(23(4)5)16(12-17)14-24(13-15(2)3)21(26)19-8-7-11-27-19/h7-12,15H,6,13-14H2,1-5H3,(H,22,25). The van der Waals surface area contributed by atoms with Gasteiger partial charge < -0.3 is 15.1 Å². The molecule has 0 spiro atoms. The van der Waals surface area contributed by atoms with Gasteiger partial charge in [0, 0.05) is 45.0 Å². The Labute approximate surface area is 166 Å². The third kappa shape index (κ3) is 5.82. The van der Waals surface area contributed by atoms with Crippen molar-refractivity contribution in [2.45, 2.75) is 33.7 Å². The van der Waals surface area contributed by atoms with E-state index in [1.165, 1.54) is 11.3 Å². The Bertz CT molecular complexity index is 770. The van der Waals surface area contributed by atoms with E-state index < -0.39 is 0 Å². The highest BCUT2D eigenvalue weighted by Crippen LogP contribution is 2.26. The number of rotatable bonds is 8. The molecule has 0 aliphatic rings. The highest BCUT2D eigenvalue weighted by molar-refractivity contribution is 7.12. The summed E-state index contributed by atoms with van der Waals surface area (Å²) in [5, 5.41) is 4.83. The van der Waals surface area contributed by atoms with Crippen molar-refractivity contribution < 1.29 is 9.59 Å². The van der Waals surface area contributed by atoms with Gasteiger partial charge in [-0.15, -0.1) is 11.3 Å². The number of nitrogens with zero attached hydrogens (tertiary/aromatic N) is 2. The fourth-order valence-electron chi connectivity index (χ4n) is 2.90. The van der Waals surface area contributed by atoms with Crippen molar-refractivity contribution in [1.82, 2.24) is 4.90 Å². The molecular weight excluding hydrogens is 358 g/mol. The second-order valence-electron chi connectivity index (χ2n) is 7.20. The molecule has 0 saturated heterocycles. The first-order chi connectivity index (χ1) is 12.8. The van der Waals surface area contributed by atoms with Gasteiger partial charge >= 0.3 is 0 Å². The predicted octanol–water partition coefficient (Wildman–Crippen LogP) is 4.46. The van der Waals surface area contributed by atoms with Crippen LogP contribution in [-0.4, -0.2) is 37.4 Å². The molecule has 27 heavy (non-hydrogen) atoms. The molecule has 0 unspecified atom stereocenters. The summed E-state index contributed by atoms with van der Waals surface area (Å²) in [5.74, 6) is 0.387. The van der Waals surface area contributed by atoms with E-state index in [4.69, 9.17) is 0 Å². The molecule has 0 aliphatic carbocycles. The van der Waals surface area contributed by atoms with Crippen molar-refractivity contribution in [1.29, 1.82) is 0 Å². The van der Waals surface area contributed by atoms with Gasteiger partial charge in [-0.2, -0.15) is 0 Å². The number of carbonyl (C=O) groups is 2. The lowest BCUT2D eigenvalue weighted by atomic mass is 10.1. The molecule has 1 N–H and O–H groups in total. The summed E-state index contributed by atoms with van der Waals surface area (Å²) in [4.78, 5) is 29.4. The highest BCUT2D eigenvalue weighted by atomic mass is 32.1. The summed E-state index contributed by atoms with van der Waals surface area (Å²) >= 11 is 1.46. The van der Waals surface area contributed by atoms with Crippen molar-refractivity contribution in [3.63, 3.8) is 0 Å². The molecule has 2 rings (SSSR count). The van der Waals surface area contributed by atoms with Crippen molar-refractivity contribution in [3.8, 4) is 0 Å². The Kier molecular flexibility index (Phi) is 7.42. The molecule has 0 atom stereocenters. The third-order valence-corrected chi connectivity index (χ3v) is 4.99. The Morgan fingerprint density at radius 3 is 2.48 bits per heavy atom. The van der Waals surface area contributed by atoms with Crippen LogP contribution >= 0.6 is 11.3 Å². The molecule has 0 aliphatic heterocycles. The Morgan fingerprint density at radius 1 is 1.19 bits per heavy atom. The second-order valence-corrected chi connectivity index (χ2v) is 8.14. The number of hydrogen-bond donors (Lipinski definition) is 1. The number of thiophene rings is 1. The largest absolute Gasteiger partial charge is 0.377 e. The van der Waals surface area contributed by atoms with Gasteiger partial charge in [0.05, 0.1) is 4.88 Å². The van der Waals surface area contributed by atoms with Crippen LogP contribution in [0.1, 0.15) is 42.4 Å². The Morgan fingerprint density at radius 2 is 1.93 bits per heavy atom. The zero-order valence-corrected chi connectivity index (χ0v) is 17.6. The topological polar surface area (TPSA) is 52.7 Å². The van der Waals surface area contributed by atoms with Gasteiger partial charge in [-0.1, -0.05) is 26.8 Å². The fraction of sp³-hybridized carbons (Fsp3) is 0.429. The molecule has 1 aromatic carbocycles. The number of hydrogen-bond acceptors (Lipinski definition) is 4. The quantitative estimate of drug-likeness (QED) is 0.727. The lowest BCUT2D eigenvalue weighted by Crippen LogP contribution is -2.33. The van der Waals surface area contributed by atoms with E-state index in [0.717, 1.165) is 21.8 Å². The molecule has 2 aromatic rings. The third-order valence-electron chi connectivity index (χ3n) is 4.13. The number of nitrogens with one attached hydrogen (secondary N) is 1. The summed E-state index contributed by atoms with van der Waals surface area (Å²) in [6.45, 7) is 7.22. The van der Waals surface area contributed by atoms with Gasteiger partial charge in [-0.05, 0) is 41.1 Å². The van der Waals surface area contributed by atoms with Crippen molar-refractivity contribution in [3.05, 3.63) is 46.2 Å². The minimum Gasteiger partial charge on any atom is -0.377 e. The van der Waals surface area contributed by atoms with Crippen LogP contribution in [0.2, 0.25) is 0 Å². The number of anilines is 2. The molecule has 146 valence electrons. The summed E-state index contributed by atoms with van der Waals surface area (Å²) in [5.41, 5.74) is 2.81.